The van der Waals surface area contributed by atoms with Gasteiger partial charge in [-0.2, -0.15) is 4.31 Å². The zero-order valence-electron chi connectivity index (χ0n) is 9.91. The van der Waals surface area contributed by atoms with Crippen LogP contribution in [0.5, 0.6) is 0 Å². The minimum Gasteiger partial charge on any atom is -0.295 e. The maximum atomic E-state index is 11.3. The maximum absolute atomic E-state index is 11.3. The van der Waals surface area contributed by atoms with Gasteiger partial charge in [0.15, 0.2) is 0 Å². The summed E-state index contributed by atoms with van der Waals surface area (Å²) >= 11 is 0. The normalized spacial score (nSPS) is 19.4. The highest BCUT2D eigenvalue weighted by atomic mass is 32.2. The molecule has 1 aromatic heterocycles. The van der Waals surface area contributed by atoms with Gasteiger partial charge in [-0.1, -0.05) is 6.07 Å². The Kier molecular flexibility index (Phi) is 3.76. The summed E-state index contributed by atoms with van der Waals surface area (Å²) in [4.78, 5) is 6.49. The first-order valence-electron chi connectivity index (χ1n) is 5.63. The van der Waals surface area contributed by atoms with E-state index in [9.17, 15) is 8.42 Å². The Morgan fingerprint density at radius 3 is 2.47 bits per heavy atom. The molecule has 5 nitrogen and oxygen atoms in total. The van der Waals surface area contributed by atoms with Crippen LogP contribution in [0.15, 0.2) is 24.4 Å². The van der Waals surface area contributed by atoms with Crippen molar-refractivity contribution in [2.45, 2.75) is 6.54 Å². The molecule has 1 aliphatic heterocycles. The van der Waals surface area contributed by atoms with Gasteiger partial charge in [0.1, 0.15) is 0 Å². The van der Waals surface area contributed by atoms with Crippen molar-refractivity contribution >= 4 is 10.0 Å². The second-order valence-corrected chi connectivity index (χ2v) is 6.24. The van der Waals surface area contributed by atoms with Crippen LogP contribution in [0.25, 0.3) is 0 Å². The minimum absolute atomic E-state index is 0.575. The molecule has 1 aliphatic rings. The fraction of sp³-hybridized carbons (Fsp3) is 0.545. The molecule has 0 unspecified atom stereocenters. The van der Waals surface area contributed by atoms with Crippen LogP contribution in [-0.4, -0.2) is 55.0 Å². The van der Waals surface area contributed by atoms with Gasteiger partial charge in [0.25, 0.3) is 0 Å². The van der Waals surface area contributed by atoms with Crippen molar-refractivity contribution in [3.8, 4) is 0 Å². The largest absolute Gasteiger partial charge is 0.295 e. The Morgan fingerprint density at radius 2 is 1.94 bits per heavy atom. The number of sulfonamides is 1. The SMILES string of the molecule is CS(=O)(=O)N1CCN(Cc2ccccn2)CC1. The number of pyridine rings is 1. The number of nitrogens with zero attached hydrogens (tertiary/aromatic N) is 3. The van der Waals surface area contributed by atoms with Crippen molar-refractivity contribution < 1.29 is 8.42 Å². The monoisotopic (exact) mass is 255 g/mol. The molecule has 17 heavy (non-hydrogen) atoms. The fourth-order valence-electron chi connectivity index (χ4n) is 1.94. The van der Waals surface area contributed by atoms with Gasteiger partial charge in [-0.15, -0.1) is 0 Å². The van der Waals surface area contributed by atoms with E-state index in [-0.39, 0.29) is 0 Å². The van der Waals surface area contributed by atoms with Crippen LogP contribution < -0.4 is 0 Å². The molecule has 0 aromatic carbocycles. The van der Waals surface area contributed by atoms with Gasteiger partial charge in [-0.25, -0.2) is 8.42 Å². The summed E-state index contributed by atoms with van der Waals surface area (Å²) < 4.78 is 24.2. The molecule has 0 saturated carbocycles. The Labute approximate surface area is 102 Å². The summed E-state index contributed by atoms with van der Waals surface area (Å²) in [7, 11) is -3.03. The number of hydrogen-bond donors (Lipinski definition) is 0. The van der Waals surface area contributed by atoms with E-state index in [2.05, 4.69) is 9.88 Å². The lowest BCUT2D eigenvalue weighted by atomic mass is 10.3. The van der Waals surface area contributed by atoms with Crippen LogP contribution in [0.4, 0.5) is 0 Å². The zero-order valence-corrected chi connectivity index (χ0v) is 10.7. The van der Waals surface area contributed by atoms with Gasteiger partial charge in [0.05, 0.1) is 11.9 Å². The zero-order chi connectivity index (χ0) is 12.3. The van der Waals surface area contributed by atoms with Crippen molar-refractivity contribution in [3.05, 3.63) is 30.1 Å². The molecular weight excluding hydrogens is 238 g/mol. The standard InChI is InChI=1S/C11H17N3O2S/c1-17(15,16)14-8-6-13(7-9-14)10-11-4-2-3-5-12-11/h2-5H,6-10H2,1H3. The maximum Gasteiger partial charge on any atom is 0.211 e. The summed E-state index contributed by atoms with van der Waals surface area (Å²) in [5, 5.41) is 0. The minimum atomic E-state index is -3.03. The lowest BCUT2D eigenvalue weighted by Gasteiger charge is -2.32. The Morgan fingerprint density at radius 1 is 1.24 bits per heavy atom. The molecule has 94 valence electrons. The van der Waals surface area contributed by atoms with E-state index in [1.165, 1.54) is 10.6 Å². The first kappa shape index (κ1) is 12.5. The van der Waals surface area contributed by atoms with Crippen LogP contribution in [0.2, 0.25) is 0 Å². The Balaban J connectivity index is 1.88. The summed E-state index contributed by atoms with van der Waals surface area (Å²) in [6.45, 7) is 3.48. The third-order valence-corrected chi connectivity index (χ3v) is 4.22. The quantitative estimate of drug-likeness (QED) is 0.772. The van der Waals surface area contributed by atoms with E-state index in [4.69, 9.17) is 0 Å². The van der Waals surface area contributed by atoms with Crippen molar-refractivity contribution in [1.82, 2.24) is 14.2 Å². The molecular formula is C11H17N3O2S. The van der Waals surface area contributed by atoms with Crippen LogP contribution in [0, 0.1) is 0 Å². The average Bonchev–Trinajstić information content (AvgIpc) is 2.30. The highest BCUT2D eigenvalue weighted by Crippen LogP contribution is 2.08. The highest BCUT2D eigenvalue weighted by Gasteiger charge is 2.23. The molecule has 0 bridgehead atoms. The van der Waals surface area contributed by atoms with Crippen LogP contribution >= 0.6 is 0 Å². The molecule has 2 heterocycles. The van der Waals surface area contributed by atoms with Gasteiger partial charge in [0, 0.05) is 38.9 Å². The lowest BCUT2D eigenvalue weighted by molar-refractivity contribution is 0.180. The van der Waals surface area contributed by atoms with E-state index < -0.39 is 10.0 Å². The molecule has 0 aliphatic carbocycles. The highest BCUT2D eigenvalue weighted by molar-refractivity contribution is 7.88. The van der Waals surface area contributed by atoms with Gasteiger partial charge in [0.2, 0.25) is 10.0 Å². The average molecular weight is 255 g/mol. The molecule has 0 radical (unpaired) electrons. The van der Waals surface area contributed by atoms with Crippen molar-refractivity contribution in [2.75, 3.05) is 32.4 Å². The van der Waals surface area contributed by atoms with Gasteiger partial charge in [-0.3, -0.25) is 9.88 Å². The summed E-state index contributed by atoms with van der Waals surface area (Å²) in [5.74, 6) is 0. The van der Waals surface area contributed by atoms with Crippen molar-refractivity contribution in [3.63, 3.8) is 0 Å². The topological polar surface area (TPSA) is 53.5 Å². The lowest BCUT2D eigenvalue weighted by Crippen LogP contribution is -2.47. The number of piperazine rings is 1. The van der Waals surface area contributed by atoms with E-state index >= 15 is 0 Å². The van der Waals surface area contributed by atoms with E-state index in [1.807, 2.05) is 18.2 Å². The van der Waals surface area contributed by atoms with E-state index in [0.717, 1.165) is 25.3 Å². The Bertz CT molecular complexity index is 453. The van der Waals surface area contributed by atoms with Crippen LogP contribution in [0.1, 0.15) is 5.69 Å². The molecule has 6 heteroatoms. The molecule has 1 aromatic rings. The second kappa shape index (κ2) is 5.12. The predicted octanol–water partition coefficient (Wildman–Crippen LogP) is 0.159. The van der Waals surface area contributed by atoms with Gasteiger partial charge < -0.3 is 0 Å². The predicted molar refractivity (Wildman–Crippen MR) is 65.9 cm³/mol. The smallest absolute Gasteiger partial charge is 0.211 e. The number of aromatic nitrogens is 1. The molecule has 0 N–H and O–H groups in total. The van der Waals surface area contributed by atoms with Gasteiger partial charge >= 0.3 is 0 Å². The summed E-state index contributed by atoms with van der Waals surface area (Å²) in [6, 6.07) is 5.85. The first-order valence-corrected chi connectivity index (χ1v) is 7.48. The van der Waals surface area contributed by atoms with Crippen LogP contribution in [-0.2, 0) is 16.6 Å². The molecule has 1 fully saturated rings. The first-order chi connectivity index (χ1) is 8.05. The number of rotatable bonds is 3. The third-order valence-electron chi connectivity index (χ3n) is 2.91. The van der Waals surface area contributed by atoms with E-state index in [0.29, 0.717) is 13.1 Å². The Hall–Kier alpha value is -0.980. The molecule has 2 rings (SSSR count). The van der Waals surface area contributed by atoms with Crippen molar-refractivity contribution in [2.24, 2.45) is 0 Å². The summed E-state index contributed by atoms with van der Waals surface area (Å²) in [6.07, 6.45) is 3.05. The fourth-order valence-corrected chi connectivity index (χ4v) is 2.77. The van der Waals surface area contributed by atoms with Crippen LogP contribution in [0.3, 0.4) is 0 Å². The molecule has 1 saturated heterocycles. The van der Waals surface area contributed by atoms with E-state index in [1.54, 1.807) is 6.20 Å². The van der Waals surface area contributed by atoms with Gasteiger partial charge in [-0.05, 0) is 12.1 Å². The summed E-state index contributed by atoms with van der Waals surface area (Å²) in [5.41, 5.74) is 1.03. The molecule has 0 spiro atoms. The third kappa shape index (κ3) is 3.49. The molecule has 0 amide bonds. The van der Waals surface area contributed by atoms with Crippen molar-refractivity contribution in [1.29, 1.82) is 0 Å². The second-order valence-electron chi connectivity index (χ2n) is 4.26. The molecule has 0 atom stereocenters. The number of hydrogen-bond acceptors (Lipinski definition) is 4.